The number of nitrogens with one attached hydrogen (secondary N) is 1. The van der Waals surface area contributed by atoms with Crippen LogP contribution < -0.4 is 5.73 Å². The highest BCUT2D eigenvalue weighted by Crippen LogP contribution is 2.04. The van der Waals surface area contributed by atoms with Gasteiger partial charge in [-0.3, -0.25) is 0 Å². The molecule has 0 saturated heterocycles. The molecule has 4 heteroatoms. The molecule has 10 heavy (non-hydrogen) atoms. The Morgan fingerprint density at radius 1 is 1.90 bits per heavy atom. The largest absolute Gasteiger partial charge is 0.342 e. The van der Waals surface area contributed by atoms with E-state index in [1.54, 1.807) is 6.92 Å². The van der Waals surface area contributed by atoms with E-state index in [0.717, 1.165) is 0 Å². The number of halogens is 1. The topological polar surface area (TPSA) is 54.7 Å². The molecule has 1 heterocycles. The van der Waals surface area contributed by atoms with Crippen molar-refractivity contribution in [1.82, 2.24) is 9.97 Å². The maximum Gasteiger partial charge on any atom is 0.131 e. The number of H-pyrrole nitrogens is 1. The minimum Gasteiger partial charge on any atom is -0.342 e. The summed E-state index contributed by atoms with van der Waals surface area (Å²) in [5.41, 5.74) is 5.94. The molecule has 3 nitrogen and oxygen atoms in total. The first-order valence-electron chi connectivity index (χ1n) is 3.09. The van der Waals surface area contributed by atoms with Gasteiger partial charge in [0.2, 0.25) is 0 Å². The average Bonchev–Trinajstić information content (AvgIpc) is 2.34. The van der Waals surface area contributed by atoms with E-state index in [2.05, 4.69) is 9.97 Å². The van der Waals surface area contributed by atoms with Gasteiger partial charge in [-0.25, -0.2) is 9.37 Å². The molecule has 1 aromatic rings. The van der Waals surface area contributed by atoms with Crippen molar-refractivity contribution in [2.75, 3.05) is 0 Å². The second-order valence-corrected chi connectivity index (χ2v) is 2.22. The highest BCUT2D eigenvalue weighted by atomic mass is 19.1. The van der Waals surface area contributed by atoms with Gasteiger partial charge in [0.25, 0.3) is 0 Å². The average molecular weight is 143 g/mol. The standard InChI is InChI=1S/C6H10FN3/c1-4(8)6-9-3-5(2-7)10-6/h3-4H,2,8H2,1H3,(H,9,10). The fourth-order valence-corrected chi connectivity index (χ4v) is 0.676. The SMILES string of the molecule is CC(N)c1ncc(CF)[nH]1. The lowest BCUT2D eigenvalue weighted by atomic mass is 10.3. The molecule has 3 N–H and O–H groups in total. The number of hydrogen-bond donors (Lipinski definition) is 2. The van der Waals surface area contributed by atoms with E-state index in [1.807, 2.05) is 0 Å². The normalized spacial score (nSPS) is 13.5. The van der Waals surface area contributed by atoms with Gasteiger partial charge >= 0.3 is 0 Å². The van der Waals surface area contributed by atoms with Crippen LogP contribution in [-0.2, 0) is 6.67 Å². The van der Waals surface area contributed by atoms with Crippen LogP contribution in [0, 0.1) is 0 Å². The summed E-state index contributed by atoms with van der Waals surface area (Å²) in [6.07, 6.45) is 1.46. The third kappa shape index (κ3) is 1.33. The van der Waals surface area contributed by atoms with E-state index in [1.165, 1.54) is 6.20 Å². The molecule has 0 aliphatic heterocycles. The molecule has 56 valence electrons. The maximum atomic E-state index is 11.9. The van der Waals surface area contributed by atoms with Crippen LogP contribution in [0.25, 0.3) is 0 Å². The first-order chi connectivity index (χ1) is 4.74. The van der Waals surface area contributed by atoms with E-state index in [4.69, 9.17) is 5.73 Å². The van der Waals surface area contributed by atoms with Crippen LogP contribution in [0.2, 0.25) is 0 Å². The van der Waals surface area contributed by atoms with Crippen molar-refractivity contribution in [3.8, 4) is 0 Å². The Morgan fingerprint density at radius 2 is 2.60 bits per heavy atom. The quantitative estimate of drug-likeness (QED) is 0.646. The van der Waals surface area contributed by atoms with Crippen molar-refractivity contribution < 1.29 is 4.39 Å². The predicted molar refractivity (Wildman–Crippen MR) is 36.0 cm³/mol. The summed E-state index contributed by atoms with van der Waals surface area (Å²) >= 11 is 0. The Bertz CT molecular complexity index is 207. The van der Waals surface area contributed by atoms with E-state index < -0.39 is 6.67 Å². The van der Waals surface area contributed by atoms with Crippen LogP contribution in [0.1, 0.15) is 24.5 Å². The van der Waals surface area contributed by atoms with Crippen LogP contribution in [-0.4, -0.2) is 9.97 Å². The lowest BCUT2D eigenvalue weighted by molar-refractivity contribution is 0.476. The molecule has 0 bridgehead atoms. The summed E-state index contributed by atoms with van der Waals surface area (Å²) in [6.45, 7) is 1.28. The molecule has 1 atom stereocenters. The third-order valence-corrected chi connectivity index (χ3v) is 1.22. The number of nitrogens with two attached hydrogens (primary N) is 1. The number of aromatic amines is 1. The van der Waals surface area contributed by atoms with Crippen molar-refractivity contribution >= 4 is 0 Å². The van der Waals surface area contributed by atoms with Crippen LogP contribution in [0.4, 0.5) is 4.39 Å². The number of nitrogens with zero attached hydrogens (tertiary/aromatic N) is 1. The summed E-state index contributed by atoms with van der Waals surface area (Å²) in [6, 6.07) is -0.153. The van der Waals surface area contributed by atoms with Gasteiger partial charge in [0.05, 0.1) is 17.9 Å². The van der Waals surface area contributed by atoms with E-state index in [9.17, 15) is 4.39 Å². The molecule has 0 aliphatic carbocycles. The lowest BCUT2D eigenvalue weighted by Gasteiger charge is -1.96. The van der Waals surface area contributed by atoms with Gasteiger partial charge in [-0.05, 0) is 6.92 Å². The molecule has 0 amide bonds. The fraction of sp³-hybridized carbons (Fsp3) is 0.500. The molecule has 0 aromatic carbocycles. The third-order valence-electron chi connectivity index (χ3n) is 1.22. The Hall–Kier alpha value is -0.900. The molecule has 0 aliphatic rings. The van der Waals surface area contributed by atoms with Crippen molar-refractivity contribution in [2.45, 2.75) is 19.6 Å². The highest BCUT2D eigenvalue weighted by Gasteiger charge is 2.02. The van der Waals surface area contributed by atoms with Gasteiger partial charge in [-0.15, -0.1) is 0 Å². The van der Waals surface area contributed by atoms with Gasteiger partial charge in [-0.2, -0.15) is 0 Å². The monoisotopic (exact) mass is 143 g/mol. The first kappa shape index (κ1) is 7.21. The highest BCUT2D eigenvalue weighted by molar-refractivity contribution is 5.02. The van der Waals surface area contributed by atoms with E-state index >= 15 is 0 Å². The summed E-state index contributed by atoms with van der Waals surface area (Å²) < 4.78 is 11.9. The smallest absolute Gasteiger partial charge is 0.131 e. The maximum absolute atomic E-state index is 11.9. The molecule has 0 fully saturated rings. The molecule has 0 spiro atoms. The van der Waals surface area contributed by atoms with Crippen LogP contribution in [0.3, 0.4) is 0 Å². The van der Waals surface area contributed by atoms with Gasteiger partial charge in [0.1, 0.15) is 12.5 Å². The minimum atomic E-state index is -0.514. The van der Waals surface area contributed by atoms with E-state index in [-0.39, 0.29) is 6.04 Å². The fourth-order valence-electron chi connectivity index (χ4n) is 0.676. The Labute approximate surface area is 58.5 Å². The van der Waals surface area contributed by atoms with Crippen LogP contribution >= 0.6 is 0 Å². The molecule has 0 radical (unpaired) electrons. The zero-order valence-corrected chi connectivity index (χ0v) is 5.76. The summed E-state index contributed by atoms with van der Waals surface area (Å²) in [7, 11) is 0. The number of alkyl halides is 1. The van der Waals surface area contributed by atoms with Gasteiger partial charge in [0, 0.05) is 0 Å². The molecular formula is C6H10FN3. The minimum absolute atomic E-state index is 0.153. The van der Waals surface area contributed by atoms with Crippen molar-refractivity contribution in [2.24, 2.45) is 5.73 Å². The molecular weight excluding hydrogens is 133 g/mol. The number of rotatable bonds is 2. The van der Waals surface area contributed by atoms with Crippen molar-refractivity contribution in [1.29, 1.82) is 0 Å². The summed E-state index contributed by atoms with van der Waals surface area (Å²) in [4.78, 5) is 6.62. The van der Waals surface area contributed by atoms with Crippen molar-refractivity contribution in [3.05, 3.63) is 17.7 Å². The zero-order valence-electron chi connectivity index (χ0n) is 5.76. The number of imidazole rings is 1. The van der Waals surface area contributed by atoms with E-state index in [0.29, 0.717) is 11.5 Å². The second-order valence-electron chi connectivity index (χ2n) is 2.22. The summed E-state index contributed by atoms with van der Waals surface area (Å²) in [5, 5.41) is 0. The number of hydrogen-bond acceptors (Lipinski definition) is 2. The molecule has 0 saturated carbocycles. The molecule has 1 unspecified atom stereocenters. The Balaban J connectivity index is 2.78. The van der Waals surface area contributed by atoms with Gasteiger partial charge in [-0.1, -0.05) is 0 Å². The van der Waals surface area contributed by atoms with Crippen molar-refractivity contribution in [3.63, 3.8) is 0 Å². The van der Waals surface area contributed by atoms with Gasteiger partial charge < -0.3 is 10.7 Å². The first-order valence-corrected chi connectivity index (χ1v) is 3.09. The lowest BCUT2D eigenvalue weighted by Crippen LogP contribution is -2.06. The summed E-state index contributed by atoms with van der Waals surface area (Å²) in [5.74, 6) is 0.632. The molecule has 1 aromatic heterocycles. The van der Waals surface area contributed by atoms with Gasteiger partial charge in [0.15, 0.2) is 0 Å². The van der Waals surface area contributed by atoms with Crippen LogP contribution in [0.15, 0.2) is 6.20 Å². The Morgan fingerprint density at radius 3 is 2.90 bits per heavy atom. The Kier molecular flexibility index (Phi) is 2.01. The molecule has 1 rings (SSSR count). The predicted octanol–water partition coefficient (Wildman–Crippen LogP) is 0.899. The zero-order chi connectivity index (χ0) is 7.56. The number of aromatic nitrogens is 2. The second kappa shape index (κ2) is 2.79. The van der Waals surface area contributed by atoms with Crippen LogP contribution in [0.5, 0.6) is 0 Å².